The number of fused-ring (bicyclic) bond motifs is 2. The number of nitrogens with one attached hydrogen (secondary N) is 3. The average molecular weight is 620 g/mol. The number of hydrogen-bond donors (Lipinski definition) is 5. The Hall–Kier alpha value is -4.83. The zero-order valence-corrected chi connectivity index (χ0v) is 26.1. The molecule has 2 aromatic heterocycles. The van der Waals surface area contributed by atoms with Gasteiger partial charge in [-0.25, -0.2) is 4.98 Å². The predicted molar refractivity (Wildman–Crippen MR) is 178 cm³/mol. The molecule has 1 amide bonds. The Morgan fingerprint density at radius 3 is 2.70 bits per heavy atom. The molecule has 0 radical (unpaired) electrons. The second-order valence-electron chi connectivity index (χ2n) is 12.8. The van der Waals surface area contributed by atoms with Crippen LogP contribution in [0, 0.1) is 11.8 Å². The van der Waals surface area contributed by atoms with Gasteiger partial charge in [0, 0.05) is 48.4 Å². The maximum Gasteiger partial charge on any atom is 0.249 e. The van der Waals surface area contributed by atoms with Crippen molar-refractivity contribution in [2.75, 3.05) is 12.3 Å². The molecule has 1 aliphatic heterocycles. The lowest BCUT2D eigenvalue weighted by molar-refractivity contribution is -0.127. The van der Waals surface area contributed by atoms with Crippen LogP contribution in [0.1, 0.15) is 62.0 Å². The molecule has 46 heavy (non-hydrogen) atoms. The van der Waals surface area contributed by atoms with E-state index >= 15 is 0 Å². The number of carbonyl (C=O) groups excluding carboxylic acids is 1. The molecule has 10 nitrogen and oxygen atoms in total. The number of ether oxygens (including phenoxy) is 2. The van der Waals surface area contributed by atoms with Crippen molar-refractivity contribution in [3.8, 4) is 22.8 Å². The number of aryl methyl sites for hydroxylation is 1. The summed E-state index contributed by atoms with van der Waals surface area (Å²) in [6, 6.07) is 21.8. The average Bonchev–Trinajstić information content (AvgIpc) is 3.81. The molecule has 0 spiro atoms. The van der Waals surface area contributed by atoms with Gasteiger partial charge in [0.2, 0.25) is 11.7 Å². The number of H-pyrrole nitrogens is 2. The number of imidazole rings is 1. The van der Waals surface area contributed by atoms with Crippen LogP contribution < -0.4 is 26.3 Å². The van der Waals surface area contributed by atoms with Crippen LogP contribution in [0.15, 0.2) is 72.9 Å². The maximum absolute atomic E-state index is 13.7. The third kappa shape index (κ3) is 6.17. The minimum Gasteiger partial charge on any atom is -0.449 e. The Morgan fingerprint density at radius 1 is 1.07 bits per heavy atom. The van der Waals surface area contributed by atoms with Gasteiger partial charge in [-0.05, 0) is 68.3 Å². The van der Waals surface area contributed by atoms with Gasteiger partial charge in [0.25, 0.3) is 0 Å². The van der Waals surface area contributed by atoms with Crippen LogP contribution in [-0.4, -0.2) is 38.4 Å². The summed E-state index contributed by atoms with van der Waals surface area (Å²) in [4.78, 5) is 22.0. The van der Waals surface area contributed by atoms with Gasteiger partial charge in [0.15, 0.2) is 17.3 Å². The van der Waals surface area contributed by atoms with E-state index in [4.69, 9.17) is 25.9 Å². The molecule has 2 atom stereocenters. The lowest BCUT2D eigenvalue weighted by Gasteiger charge is -2.28. The molecule has 3 aromatic carbocycles. The van der Waals surface area contributed by atoms with Gasteiger partial charge in [-0.2, -0.15) is 5.10 Å². The fourth-order valence-corrected chi connectivity index (χ4v) is 6.75. The van der Waals surface area contributed by atoms with E-state index in [2.05, 4.69) is 32.6 Å². The van der Waals surface area contributed by atoms with Crippen molar-refractivity contribution in [3.63, 3.8) is 0 Å². The molecular weight excluding hydrogens is 578 g/mol. The van der Waals surface area contributed by atoms with E-state index < -0.39 is 11.8 Å². The predicted octanol–water partition coefficient (Wildman–Crippen LogP) is 5.82. The van der Waals surface area contributed by atoms with E-state index in [1.54, 1.807) is 0 Å². The standard InChI is InChI=1S/C36H41N7O3/c1-36(17-16-22-6-3-2-4-7-22)45-31-9-5-8-26(32(31)46-36)19-29(41-35(44)24-12-10-23(20-37)11-13-24)34-39-21-30(40-34)25-14-15-27-28(18-25)42-43-33(27)38/h2-9,14-15,18,21,23-24,29H,10-13,16-17,19-20,37H2,1H3,(H,39,40)(H,41,44)(H3,38,42,43)/t23?,24?,29?,36-/m0/s1. The summed E-state index contributed by atoms with van der Waals surface area (Å²) in [7, 11) is 0. The number of para-hydroxylation sites is 1. The fraction of sp³-hybridized carbons (Fsp3) is 0.361. The third-order valence-electron chi connectivity index (χ3n) is 9.52. The topological polar surface area (TPSA) is 157 Å². The molecule has 238 valence electrons. The third-order valence-corrected chi connectivity index (χ3v) is 9.52. The number of benzene rings is 3. The van der Waals surface area contributed by atoms with Crippen molar-refractivity contribution >= 4 is 22.6 Å². The second-order valence-corrected chi connectivity index (χ2v) is 12.8. The lowest BCUT2D eigenvalue weighted by Crippen LogP contribution is -2.38. The van der Waals surface area contributed by atoms with Crippen molar-refractivity contribution in [1.29, 1.82) is 0 Å². The smallest absolute Gasteiger partial charge is 0.249 e. The molecule has 10 heteroatoms. The first-order valence-electron chi connectivity index (χ1n) is 16.2. The summed E-state index contributed by atoms with van der Waals surface area (Å²) in [5, 5.41) is 11.3. The highest BCUT2D eigenvalue weighted by Gasteiger charge is 2.38. The summed E-state index contributed by atoms with van der Waals surface area (Å²) in [6.45, 7) is 2.66. The highest BCUT2D eigenvalue weighted by atomic mass is 16.7. The zero-order chi connectivity index (χ0) is 31.7. The molecule has 7 N–H and O–H groups in total. The largest absolute Gasteiger partial charge is 0.449 e. The van der Waals surface area contributed by atoms with Crippen LogP contribution in [-0.2, 0) is 17.6 Å². The number of nitrogen functional groups attached to an aromatic ring is 1. The number of aromatic nitrogens is 4. The first-order valence-corrected chi connectivity index (χ1v) is 16.2. The second kappa shape index (κ2) is 12.5. The van der Waals surface area contributed by atoms with E-state index in [9.17, 15) is 4.79 Å². The number of anilines is 1. The van der Waals surface area contributed by atoms with Crippen molar-refractivity contribution in [1.82, 2.24) is 25.5 Å². The Labute approximate surface area is 268 Å². The number of nitrogens with zero attached hydrogens (tertiary/aromatic N) is 2. The molecule has 1 saturated carbocycles. The molecule has 2 aliphatic rings. The fourth-order valence-electron chi connectivity index (χ4n) is 6.75. The van der Waals surface area contributed by atoms with Crippen molar-refractivity contribution in [3.05, 3.63) is 89.9 Å². The summed E-state index contributed by atoms with van der Waals surface area (Å²) in [5.74, 6) is 2.27. The molecule has 5 aromatic rings. The van der Waals surface area contributed by atoms with Crippen LogP contribution >= 0.6 is 0 Å². The normalized spacial score (nSPS) is 21.3. The number of rotatable bonds is 10. The van der Waals surface area contributed by atoms with Crippen LogP contribution in [0.2, 0.25) is 0 Å². The molecule has 1 aliphatic carbocycles. The van der Waals surface area contributed by atoms with E-state index in [0.717, 1.165) is 65.6 Å². The number of aromatic amines is 2. The first-order chi connectivity index (χ1) is 22.4. The zero-order valence-electron chi connectivity index (χ0n) is 26.1. The molecule has 0 saturated heterocycles. The highest BCUT2D eigenvalue weighted by Crippen LogP contribution is 2.44. The van der Waals surface area contributed by atoms with Gasteiger partial charge >= 0.3 is 0 Å². The summed E-state index contributed by atoms with van der Waals surface area (Å²) in [5.41, 5.74) is 16.6. The summed E-state index contributed by atoms with van der Waals surface area (Å²) < 4.78 is 12.9. The summed E-state index contributed by atoms with van der Waals surface area (Å²) >= 11 is 0. The molecule has 7 rings (SSSR count). The Morgan fingerprint density at radius 2 is 1.89 bits per heavy atom. The minimum atomic E-state index is -0.790. The van der Waals surface area contributed by atoms with Crippen molar-refractivity contribution < 1.29 is 14.3 Å². The molecule has 3 heterocycles. The molecule has 0 bridgehead atoms. The molecule has 1 unspecified atom stereocenters. The van der Waals surface area contributed by atoms with Crippen LogP contribution in [0.25, 0.3) is 22.2 Å². The van der Waals surface area contributed by atoms with Gasteiger partial charge in [-0.1, -0.05) is 48.5 Å². The highest BCUT2D eigenvalue weighted by molar-refractivity contribution is 5.91. The van der Waals surface area contributed by atoms with Gasteiger partial charge in [0.1, 0.15) is 5.82 Å². The number of nitrogens with two attached hydrogens (primary N) is 2. The number of hydrogen-bond acceptors (Lipinski definition) is 7. The minimum absolute atomic E-state index is 0.0460. The van der Waals surface area contributed by atoms with Crippen LogP contribution in [0.5, 0.6) is 11.5 Å². The molecule has 1 fully saturated rings. The van der Waals surface area contributed by atoms with E-state index in [0.29, 0.717) is 42.7 Å². The van der Waals surface area contributed by atoms with Gasteiger partial charge in [-0.15, -0.1) is 0 Å². The first kappa shape index (κ1) is 29.9. The van der Waals surface area contributed by atoms with E-state index in [1.165, 1.54) is 5.56 Å². The monoisotopic (exact) mass is 619 g/mol. The van der Waals surface area contributed by atoms with Crippen molar-refractivity contribution in [2.24, 2.45) is 17.6 Å². The van der Waals surface area contributed by atoms with Gasteiger partial charge < -0.3 is 31.2 Å². The number of carbonyl (C=O) groups is 1. The molecular formula is C36H41N7O3. The lowest BCUT2D eigenvalue weighted by atomic mass is 9.81. The van der Waals surface area contributed by atoms with Gasteiger partial charge in [-0.3, -0.25) is 9.89 Å². The summed E-state index contributed by atoms with van der Waals surface area (Å²) in [6.07, 6.45) is 7.52. The van der Waals surface area contributed by atoms with E-state index in [1.807, 2.05) is 67.7 Å². The Bertz CT molecular complexity index is 1830. The SMILES string of the molecule is C[C@]1(CCc2ccccc2)Oc2cccc(CC(NC(=O)C3CCC(CN)CC3)c3nc(-c4ccc5c(N)n[nH]c5c4)c[nH]3)c2O1. The quantitative estimate of drug-likeness (QED) is 0.132. The van der Waals surface area contributed by atoms with E-state index in [-0.39, 0.29) is 11.8 Å². The Kier molecular flexibility index (Phi) is 8.12. The van der Waals surface area contributed by atoms with Gasteiger partial charge in [0.05, 0.1) is 17.3 Å². The van der Waals surface area contributed by atoms with Crippen LogP contribution in [0.4, 0.5) is 5.82 Å². The van der Waals surface area contributed by atoms with Crippen molar-refractivity contribution in [2.45, 2.75) is 63.7 Å². The maximum atomic E-state index is 13.7. The Balaban J connectivity index is 1.14. The number of amides is 1. The van der Waals surface area contributed by atoms with Crippen LogP contribution in [0.3, 0.4) is 0 Å².